The molecule has 1 saturated heterocycles. The SMILES string of the molecule is O=C(CC12CC3CC(CC(C3)C1)C2)NCC(=O)N1CCN(C(=O)OCc2ccccc2)CC1. The highest BCUT2D eigenvalue weighted by Gasteiger charge is 2.51. The summed E-state index contributed by atoms with van der Waals surface area (Å²) < 4.78 is 5.38. The predicted molar refractivity (Wildman–Crippen MR) is 123 cm³/mol. The zero-order valence-electron chi connectivity index (χ0n) is 19.3. The lowest BCUT2D eigenvalue weighted by molar-refractivity contribution is -0.136. The van der Waals surface area contributed by atoms with Gasteiger partial charge >= 0.3 is 6.09 Å². The van der Waals surface area contributed by atoms with Gasteiger partial charge in [0, 0.05) is 32.6 Å². The second kappa shape index (κ2) is 9.35. The van der Waals surface area contributed by atoms with Crippen molar-refractivity contribution in [2.45, 2.75) is 51.6 Å². The lowest BCUT2D eigenvalue weighted by Crippen LogP contribution is -2.53. The molecule has 0 atom stereocenters. The summed E-state index contributed by atoms with van der Waals surface area (Å²) in [5, 5.41) is 2.89. The Kier molecular flexibility index (Phi) is 6.30. The lowest BCUT2D eigenvalue weighted by Gasteiger charge is -2.56. The van der Waals surface area contributed by atoms with Gasteiger partial charge in [-0.1, -0.05) is 30.3 Å². The number of hydrogen-bond donors (Lipinski definition) is 1. The minimum atomic E-state index is -0.352. The molecule has 7 heteroatoms. The van der Waals surface area contributed by atoms with Crippen LogP contribution in [0.5, 0.6) is 0 Å². The second-order valence-electron chi connectivity index (χ2n) is 10.8. The Morgan fingerprint density at radius 2 is 1.45 bits per heavy atom. The highest BCUT2D eigenvalue weighted by atomic mass is 16.6. The highest BCUT2D eigenvalue weighted by Crippen LogP contribution is 2.61. The first-order valence-electron chi connectivity index (χ1n) is 12.5. The first-order valence-corrected chi connectivity index (χ1v) is 12.5. The summed E-state index contributed by atoms with van der Waals surface area (Å²) in [7, 11) is 0. The molecule has 4 bridgehead atoms. The van der Waals surface area contributed by atoms with Gasteiger partial charge in [0.1, 0.15) is 6.61 Å². The Hall–Kier alpha value is -2.57. The van der Waals surface area contributed by atoms with E-state index in [0.29, 0.717) is 32.6 Å². The Balaban J connectivity index is 1.02. The molecule has 6 rings (SSSR count). The van der Waals surface area contributed by atoms with Gasteiger partial charge in [0.15, 0.2) is 0 Å². The van der Waals surface area contributed by atoms with Crippen LogP contribution in [0.1, 0.15) is 50.5 Å². The maximum Gasteiger partial charge on any atom is 0.410 e. The number of piperazine rings is 1. The van der Waals surface area contributed by atoms with Crippen LogP contribution in [0.15, 0.2) is 30.3 Å². The molecule has 1 aromatic carbocycles. The second-order valence-corrected chi connectivity index (χ2v) is 10.8. The molecule has 5 fully saturated rings. The van der Waals surface area contributed by atoms with E-state index in [-0.39, 0.29) is 36.5 Å². The van der Waals surface area contributed by atoms with Crippen LogP contribution in [0.25, 0.3) is 0 Å². The van der Waals surface area contributed by atoms with Crippen LogP contribution < -0.4 is 5.32 Å². The molecule has 1 heterocycles. The van der Waals surface area contributed by atoms with Crippen LogP contribution in [0.4, 0.5) is 4.79 Å². The van der Waals surface area contributed by atoms with Crippen molar-refractivity contribution in [1.82, 2.24) is 15.1 Å². The third-order valence-corrected chi connectivity index (χ3v) is 8.23. The molecular formula is C26H35N3O4. The standard InChI is InChI=1S/C26H35N3O4/c30-23(16-26-13-20-10-21(14-26)12-22(11-20)15-26)27-17-24(31)28-6-8-29(9-7-28)25(32)33-18-19-4-2-1-3-5-19/h1-5,20-22H,6-18H2,(H,27,30). The molecule has 0 unspecified atom stereocenters. The maximum absolute atomic E-state index is 12.7. The maximum atomic E-state index is 12.7. The van der Waals surface area contributed by atoms with Crippen molar-refractivity contribution in [1.29, 1.82) is 0 Å². The number of hydrogen-bond acceptors (Lipinski definition) is 4. The van der Waals surface area contributed by atoms with Crippen LogP contribution in [0, 0.1) is 23.2 Å². The highest BCUT2D eigenvalue weighted by molar-refractivity contribution is 5.85. The average Bonchev–Trinajstić information content (AvgIpc) is 2.80. The molecule has 1 N–H and O–H groups in total. The molecule has 178 valence electrons. The summed E-state index contributed by atoms with van der Waals surface area (Å²) in [5.74, 6) is 2.41. The molecule has 33 heavy (non-hydrogen) atoms. The number of nitrogens with one attached hydrogen (secondary N) is 1. The number of benzene rings is 1. The zero-order chi connectivity index (χ0) is 22.8. The number of rotatable bonds is 6. The van der Waals surface area contributed by atoms with Gasteiger partial charge in [0.25, 0.3) is 0 Å². The quantitative estimate of drug-likeness (QED) is 0.718. The predicted octanol–water partition coefficient (Wildman–Crippen LogP) is 3.19. The third kappa shape index (κ3) is 5.17. The molecule has 4 aliphatic carbocycles. The Morgan fingerprint density at radius 3 is 2.06 bits per heavy atom. The normalized spacial score (nSPS) is 30.2. The number of carbonyl (C=O) groups excluding carboxylic acids is 3. The Bertz CT molecular complexity index is 843. The third-order valence-electron chi connectivity index (χ3n) is 8.23. The first kappa shape index (κ1) is 22.2. The van der Waals surface area contributed by atoms with E-state index < -0.39 is 0 Å². The van der Waals surface area contributed by atoms with Gasteiger partial charge < -0.3 is 19.9 Å². The van der Waals surface area contributed by atoms with E-state index in [1.165, 1.54) is 38.5 Å². The molecule has 0 spiro atoms. The van der Waals surface area contributed by atoms with E-state index in [0.717, 1.165) is 23.3 Å². The summed E-state index contributed by atoms with van der Waals surface area (Å²) in [5.41, 5.74) is 1.14. The summed E-state index contributed by atoms with van der Waals surface area (Å²) in [4.78, 5) is 41.0. The van der Waals surface area contributed by atoms with E-state index in [1.54, 1.807) is 9.80 Å². The summed E-state index contributed by atoms with van der Waals surface area (Å²) in [6.45, 7) is 2.10. The van der Waals surface area contributed by atoms with Crippen LogP contribution >= 0.6 is 0 Å². The van der Waals surface area contributed by atoms with Crippen molar-refractivity contribution in [3.63, 3.8) is 0 Å². The number of ether oxygens (including phenoxy) is 1. The van der Waals surface area contributed by atoms with E-state index in [9.17, 15) is 14.4 Å². The van der Waals surface area contributed by atoms with Gasteiger partial charge in [-0.2, -0.15) is 0 Å². The van der Waals surface area contributed by atoms with Crippen LogP contribution in [-0.4, -0.2) is 60.4 Å². The molecular weight excluding hydrogens is 418 g/mol. The fourth-order valence-corrected chi connectivity index (χ4v) is 7.14. The fourth-order valence-electron chi connectivity index (χ4n) is 7.14. The van der Waals surface area contributed by atoms with Gasteiger partial charge in [-0.25, -0.2) is 4.79 Å². The van der Waals surface area contributed by atoms with Crippen molar-refractivity contribution in [3.05, 3.63) is 35.9 Å². The summed E-state index contributed by atoms with van der Waals surface area (Å²) >= 11 is 0. The zero-order valence-corrected chi connectivity index (χ0v) is 19.3. The van der Waals surface area contributed by atoms with Crippen molar-refractivity contribution in [2.24, 2.45) is 23.2 Å². The van der Waals surface area contributed by atoms with E-state index >= 15 is 0 Å². The molecule has 5 aliphatic rings. The van der Waals surface area contributed by atoms with Crippen molar-refractivity contribution < 1.29 is 19.1 Å². The summed E-state index contributed by atoms with van der Waals surface area (Å²) in [6, 6.07) is 9.58. The number of carbonyl (C=O) groups is 3. The van der Waals surface area contributed by atoms with Gasteiger partial charge in [0.2, 0.25) is 11.8 Å². The van der Waals surface area contributed by atoms with Crippen molar-refractivity contribution in [3.8, 4) is 0 Å². The topological polar surface area (TPSA) is 79.0 Å². The molecule has 1 aliphatic heterocycles. The van der Waals surface area contributed by atoms with Crippen LogP contribution in [0.3, 0.4) is 0 Å². The monoisotopic (exact) mass is 453 g/mol. The van der Waals surface area contributed by atoms with E-state index in [1.807, 2.05) is 30.3 Å². The number of nitrogens with zero attached hydrogens (tertiary/aromatic N) is 2. The smallest absolute Gasteiger partial charge is 0.410 e. The molecule has 0 aromatic heterocycles. The Labute approximate surface area is 195 Å². The lowest BCUT2D eigenvalue weighted by atomic mass is 9.49. The van der Waals surface area contributed by atoms with E-state index in [4.69, 9.17) is 4.74 Å². The van der Waals surface area contributed by atoms with E-state index in [2.05, 4.69) is 5.32 Å². The number of amides is 3. The first-order chi connectivity index (χ1) is 16.0. The largest absolute Gasteiger partial charge is 0.445 e. The van der Waals surface area contributed by atoms with Crippen LogP contribution in [0.2, 0.25) is 0 Å². The molecule has 0 radical (unpaired) electrons. The van der Waals surface area contributed by atoms with Gasteiger partial charge in [-0.15, -0.1) is 0 Å². The van der Waals surface area contributed by atoms with Gasteiger partial charge in [-0.3, -0.25) is 9.59 Å². The van der Waals surface area contributed by atoms with Gasteiger partial charge in [0.05, 0.1) is 6.54 Å². The Morgan fingerprint density at radius 1 is 0.879 bits per heavy atom. The minimum absolute atomic E-state index is 0.0217. The van der Waals surface area contributed by atoms with Gasteiger partial charge in [-0.05, 0) is 67.3 Å². The van der Waals surface area contributed by atoms with Crippen molar-refractivity contribution in [2.75, 3.05) is 32.7 Å². The van der Waals surface area contributed by atoms with Crippen LogP contribution in [-0.2, 0) is 20.9 Å². The average molecular weight is 454 g/mol. The molecule has 1 aromatic rings. The molecule has 7 nitrogen and oxygen atoms in total. The van der Waals surface area contributed by atoms with Crippen molar-refractivity contribution >= 4 is 17.9 Å². The fraction of sp³-hybridized carbons (Fsp3) is 0.654. The molecule has 3 amide bonds. The summed E-state index contributed by atoms with van der Waals surface area (Å²) in [6.07, 6.45) is 7.91. The molecule has 4 saturated carbocycles. The minimum Gasteiger partial charge on any atom is -0.445 e.